The average Bonchev–Trinajstić information content (AvgIpc) is 2.98. The minimum absolute atomic E-state index is 0.334. The van der Waals surface area contributed by atoms with Crippen molar-refractivity contribution in [1.29, 1.82) is 0 Å². The van der Waals surface area contributed by atoms with Crippen LogP contribution in [0.25, 0.3) is 11.5 Å². The van der Waals surface area contributed by atoms with Crippen molar-refractivity contribution in [1.82, 2.24) is 15.5 Å². The summed E-state index contributed by atoms with van der Waals surface area (Å²) >= 11 is 0. The number of piperidine rings is 1. The molecule has 1 aromatic heterocycles. The van der Waals surface area contributed by atoms with Crippen molar-refractivity contribution in [3.05, 3.63) is 30.2 Å². The van der Waals surface area contributed by atoms with Gasteiger partial charge < -0.3 is 14.5 Å². The minimum atomic E-state index is 0.334. The molecule has 19 heavy (non-hydrogen) atoms. The average molecular weight is 259 g/mol. The number of methoxy groups -OCH3 is 1. The molecule has 0 saturated carbocycles. The Morgan fingerprint density at radius 2 is 2.32 bits per heavy atom. The van der Waals surface area contributed by atoms with Crippen LogP contribution in [0.3, 0.4) is 0 Å². The lowest BCUT2D eigenvalue weighted by Crippen LogP contribution is -2.28. The van der Waals surface area contributed by atoms with Crippen LogP contribution < -0.4 is 10.1 Å². The van der Waals surface area contributed by atoms with E-state index in [1.54, 1.807) is 7.11 Å². The zero-order chi connectivity index (χ0) is 13.1. The standard InChI is InChI=1S/C14H17N3O2/c1-18-12-6-2-4-10(8-12)13-16-17-14(19-13)11-5-3-7-15-9-11/h2,4,6,8,11,15H,3,5,7,9H2,1H3/t11-/m0/s1. The van der Waals surface area contributed by atoms with Crippen LogP contribution in [0, 0.1) is 0 Å². The predicted molar refractivity (Wildman–Crippen MR) is 71.1 cm³/mol. The summed E-state index contributed by atoms with van der Waals surface area (Å²) in [4.78, 5) is 0. The van der Waals surface area contributed by atoms with Crippen LogP contribution in [0.4, 0.5) is 0 Å². The van der Waals surface area contributed by atoms with Crippen molar-refractivity contribution >= 4 is 0 Å². The largest absolute Gasteiger partial charge is 0.497 e. The normalized spacial score (nSPS) is 19.3. The number of hydrogen-bond acceptors (Lipinski definition) is 5. The number of hydrogen-bond donors (Lipinski definition) is 1. The number of benzene rings is 1. The third kappa shape index (κ3) is 2.61. The molecule has 1 aliphatic heterocycles. The fourth-order valence-corrected chi connectivity index (χ4v) is 2.33. The summed E-state index contributed by atoms with van der Waals surface area (Å²) < 4.78 is 11.0. The van der Waals surface area contributed by atoms with Gasteiger partial charge in [0.15, 0.2) is 0 Å². The Bertz CT molecular complexity index is 547. The van der Waals surface area contributed by atoms with Crippen LogP contribution in [-0.4, -0.2) is 30.4 Å². The van der Waals surface area contributed by atoms with Gasteiger partial charge in [-0.2, -0.15) is 0 Å². The van der Waals surface area contributed by atoms with Gasteiger partial charge >= 0.3 is 0 Å². The Balaban J connectivity index is 1.83. The molecule has 1 aliphatic rings. The van der Waals surface area contributed by atoms with Crippen LogP contribution in [0.2, 0.25) is 0 Å². The molecule has 5 heteroatoms. The van der Waals surface area contributed by atoms with E-state index < -0.39 is 0 Å². The lowest BCUT2D eigenvalue weighted by atomic mass is 10.00. The summed E-state index contributed by atoms with van der Waals surface area (Å²) in [6.07, 6.45) is 2.26. The first kappa shape index (κ1) is 12.2. The third-order valence-corrected chi connectivity index (χ3v) is 3.40. The number of aromatic nitrogens is 2. The van der Waals surface area contributed by atoms with Gasteiger partial charge in [0.05, 0.1) is 7.11 Å². The Labute approximate surface area is 112 Å². The van der Waals surface area contributed by atoms with Gasteiger partial charge in [0.25, 0.3) is 0 Å². The highest BCUT2D eigenvalue weighted by molar-refractivity contribution is 5.55. The van der Waals surface area contributed by atoms with Gasteiger partial charge in [-0.1, -0.05) is 6.07 Å². The zero-order valence-corrected chi connectivity index (χ0v) is 10.9. The van der Waals surface area contributed by atoms with Gasteiger partial charge in [-0.15, -0.1) is 10.2 Å². The van der Waals surface area contributed by atoms with Crippen molar-refractivity contribution in [2.75, 3.05) is 20.2 Å². The summed E-state index contributed by atoms with van der Waals surface area (Å²) in [7, 11) is 1.64. The van der Waals surface area contributed by atoms with Crippen molar-refractivity contribution in [2.24, 2.45) is 0 Å². The molecule has 1 saturated heterocycles. The topological polar surface area (TPSA) is 60.2 Å². The van der Waals surface area contributed by atoms with Crippen molar-refractivity contribution in [2.45, 2.75) is 18.8 Å². The minimum Gasteiger partial charge on any atom is -0.497 e. The molecule has 0 bridgehead atoms. The fourth-order valence-electron chi connectivity index (χ4n) is 2.33. The van der Waals surface area contributed by atoms with Crippen LogP contribution in [0.1, 0.15) is 24.7 Å². The Morgan fingerprint density at radius 3 is 3.11 bits per heavy atom. The number of rotatable bonds is 3. The van der Waals surface area contributed by atoms with Gasteiger partial charge in [0.1, 0.15) is 5.75 Å². The maximum atomic E-state index is 5.79. The summed E-state index contributed by atoms with van der Waals surface area (Å²) in [5.74, 6) is 2.40. The molecule has 0 spiro atoms. The van der Waals surface area contributed by atoms with E-state index >= 15 is 0 Å². The van der Waals surface area contributed by atoms with E-state index in [1.807, 2.05) is 24.3 Å². The molecule has 1 aromatic carbocycles. The summed E-state index contributed by atoms with van der Waals surface area (Å²) in [6, 6.07) is 7.65. The van der Waals surface area contributed by atoms with E-state index in [9.17, 15) is 0 Å². The van der Waals surface area contributed by atoms with Crippen molar-refractivity contribution < 1.29 is 9.15 Å². The Hall–Kier alpha value is -1.88. The van der Waals surface area contributed by atoms with E-state index in [0.717, 1.165) is 43.1 Å². The van der Waals surface area contributed by atoms with E-state index in [2.05, 4.69) is 15.5 Å². The van der Waals surface area contributed by atoms with E-state index in [0.29, 0.717) is 11.8 Å². The number of nitrogens with zero attached hydrogens (tertiary/aromatic N) is 2. The molecule has 3 rings (SSSR count). The number of nitrogens with one attached hydrogen (secondary N) is 1. The Morgan fingerprint density at radius 1 is 1.37 bits per heavy atom. The van der Waals surface area contributed by atoms with Gasteiger partial charge in [-0.25, -0.2) is 0 Å². The molecule has 1 fully saturated rings. The molecule has 0 aliphatic carbocycles. The maximum Gasteiger partial charge on any atom is 0.247 e. The second kappa shape index (κ2) is 5.40. The second-order valence-electron chi connectivity index (χ2n) is 4.72. The van der Waals surface area contributed by atoms with E-state index in [4.69, 9.17) is 9.15 Å². The number of ether oxygens (including phenoxy) is 1. The molecular weight excluding hydrogens is 242 g/mol. The molecule has 0 unspecified atom stereocenters. The highest BCUT2D eigenvalue weighted by Crippen LogP contribution is 2.27. The zero-order valence-electron chi connectivity index (χ0n) is 10.9. The highest BCUT2D eigenvalue weighted by atomic mass is 16.5. The molecular formula is C14H17N3O2. The molecule has 100 valence electrons. The van der Waals surface area contributed by atoms with Crippen LogP contribution >= 0.6 is 0 Å². The first-order chi connectivity index (χ1) is 9.36. The van der Waals surface area contributed by atoms with E-state index in [1.165, 1.54) is 0 Å². The van der Waals surface area contributed by atoms with Crippen molar-refractivity contribution in [3.63, 3.8) is 0 Å². The third-order valence-electron chi connectivity index (χ3n) is 3.40. The maximum absolute atomic E-state index is 5.79. The van der Waals surface area contributed by atoms with Crippen molar-refractivity contribution in [3.8, 4) is 17.2 Å². The smallest absolute Gasteiger partial charge is 0.247 e. The molecule has 0 amide bonds. The molecule has 1 N–H and O–H groups in total. The van der Waals surface area contributed by atoms with Crippen LogP contribution in [0.15, 0.2) is 28.7 Å². The van der Waals surface area contributed by atoms with Crippen LogP contribution in [-0.2, 0) is 0 Å². The van der Waals surface area contributed by atoms with Gasteiger partial charge in [-0.3, -0.25) is 0 Å². The molecule has 0 radical (unpaired) electrons. The lowest BCUT2D eigenvalue weighted by molar-refractivity contribution is 0.380. The first-order valence-electron chi connectivity index (χ1n) is 6.55. The molecule has 1 atom stereocenters. The molecule has 5 nitrogen and oxygen atoms in total. The highest BCUT2D eigenvalue weighted by Gasteiger charge is 2.21. The van der Waals surface area contributed by atoms with Crippen LogP contribution in [0.5, 0.6) is 5.75 Å². The lowest BCUT2D eigenvalue weighted by Gasteiger charge is -2.18. The van der Waals surface area contributed by atoms with Gasteiger partial charge in [-0.05, 0) is 37.6 Å². The predicted octanol–water partition coefficient (Wildman–Crippen LogP) is 2.21. The SMILES string of the molecule is COc1cccc(-c2nnc([C@H]3CCCNC3)o2)c1. The summed E-state index contributed by atoms with van der Waals surface area (Å²) in [5, 5.41) is 11.7. The van der Waals surface area contributed by atoms with E-state index in [-0.39, 0.29) is 0 Å². The molecule has 2 aromatic rings. The first-order valence-corrected chi connectivity index (χ1v) is 6.55. The summed E-state index contributed by atoms with van der Waals surface area (Å²) in [6.45, 7) is 1.99. The Kier molecular flexibility index (Phi) is 3.46. The van der Waals surface area contributed by atoms with Gasteiger partial charge in [0.2, 0.25) is 11.8 Å². The second-order valence-corrected chi connectivity index (χ2v) is 4.72. The quantitative estimate of drug-likeness (QED) is 0.915. The monoisotopic (exact) mass is 259 g/mol. The summed E-state index contributed by atoms with van der Waals surface area (Å²) in [5.41, 5.74) is 0.891. The fraction of sp³-hybridized carbons (Fsp3) is 0.429. The molecule has 2 heterocycles. The van der Waals surface area contributed by atoms with Gasteiger partial charge in [0, 0.05) is 18.0 Å².